The molecule has 10 nitrogen and oxygen atoms in total. The molecule has 0 aliphatic carbocycles. The molecule has 2 aromatic carbocycles. The van der Waals surface area contributed by atoms with Gasteiger partial charge in [0.25, 0.3) is 0 Å². The number of para-hydroxylation sites is 1. The summed E-state index contributed by atoms with van der Waals surface area (Å²) in [4.78, 5) is 12.3. The standard InChI is InChI=1S/C21H22N6O4/c28-20(22-11-14-7-3-1-4-8-14)23-16-12-29-19-17(13-30-18(16)19)27-21(24-25-26-27)31-15-9-5-2-6-10-15/h1-10,16-19H,11-13H2,(H2,22,23,28)/t16-,17+,18-,19+/m1/s1. The fourth-order valence-electron chi connectivity index (χ4n) is 3.86. The maximum atomic E-state index is 12.3. The van der Waals surface area contributed by atoms with Gasteiger partial charge < -0.3 is 24.8 Å². The van der Waals surface area contributed by atoms with Gasteiger partial charge in [-0.05, 0) is 28.1 Å². The molecule has 0 radical (unpaired) electrons. The summed E-state index contributed by atoms with van der Waals surface area (Å²) in [6, 6.07) is 18.5. The Morgan fingerprint density at radius 3 is 2.58 bits per heavy atom. The summed E-state index contributed by atoms with van der Waals surface area (Å²) in [5, 5.41) is 17.6. The lowest BCUT2D eigenvalue weighted by molar-refractivity contribution is 0.0613. The largest absolute Gasteiger partial charge is 0.423 e. The monoisotopic (exact) mass is 422 g/mol. The van der Waals surface area contributed by atoms with Gasteiger partial charge in [0, 0.05) is 6.54 Å². The van der Waals surface area contributed by atoms with E-state index in [4.69, 9.17) is 14.2 Å². The molecule has 2 fully saturated rings. The predicted octanol–water partition coefficient (Wildman–Crippen LogP) is 1.67. The second kappa shape index (κ2) is 8.70. The molecule has 5 rings (SSSR count). The molecule has 2 amide bonds. The fraction of sp³-hybridized carbons (Fsp3) is 0.333. The Morgan fingerprint density at radius 1 is 1.03 bits per heavy atom. The highest BCUT2D eigenvalue weighted by Gasteiger charge is 2.50. The number of ether oxygens (including phenoxy) is 3. The van der Waals surface area contributed by atoms with E-state index in [1.807, 2.05) is 60.7 Å². The van der Waals surface area contributed by atoms with Gasteiger partial charge >= 0.3 is 12.0 Å². The van der Waals surface area contributed by atoms with Crippen LogP contribution in [0, 0.1) is 0 Å². The molecule has 31 heavy (non-hydrogen) atoms. The molecule has 0 unspecified atom stereocenters. The van der Waals surface area contributed by atoms with Crippen LogP contribution in [0.3, 0.4) is 0 Å². The maximum Gasteiger partial charge on any atom is 0.341 e. The van der Waals surface area contributed by atoms with Gasteiger partial charge in [0.15, 0.2) is 0 Å². The van der Waals surface area contributed by atoms with Crippen molar-refractivity contribution in [2.45, 2.75) is 30.8 Å². The van der Waals surface area contributed by atoms with Crippen molar-refractivity contribution >= 4 is 6.03 Å². The van der Waals surface area contributed by atoms with Gasteiger partial charge in [-0.1, -0.05) is 53.6 Å². The first kappa shape index (κ1) is 19.5. The van der Waals surface area contributed by atoms with Crippen molar-refractivity contribution in [3.8, 4) is 11.8 Å². The molecule has 0 bridgehead atoms. The van der Waals surface area contributed by atoms with Gasteiger partial charge in [0.2, 0.25) is 0 Å². The third-order valence-corrected chi connectivity index (χ3v) is 5.37. The van der Waals surface area contributed by atoms with Crippen LogP contribution >= 0.6 is 0 Å². The van der Waals surface area contributed by atoms with Crippen LogP contribution < -0.4 is 15.4 Å². The Morgan fingerprint density at radius 2 is 1.77 bits per heavy atom. The zero-order valence-corrected chi connectivity index (χ0v) is 16.6. The maximum absolute atomic E-state index is 12.3. The summed E-state index contributed by atoms with van der Waals surface area (Å²) < 4.78 is 19.3. The molecule has 2 aliphatic heterocycles. The van der Waals surface area contributed by atoms with Gasteiger partial charge in [0.05, 0.1) is 19.3 Å². The molecule has 2 N–H and O–H groups in total. The summed E-state index contributed by atoms with van der Waals surface area (Å²) in [5.74, 6) is 0.635. The van der Waals surface area contributed by atoms with E-state index in [-0.39, 0.29) is 36.3 Å². The topological polar surface area (TPSA) is 112 Å². The Bertz CT molecular complexity index is 1010. The minimum Gasteiger partial charge on any atom is -0.423 e. The number of urea groups is 1. The highest BCUT2D eigenvalue weighted by Crippen LogP contribution is 2.35. The molecule has 10 heteroatoms. The smallest absolute Gasteiger partial charge is 0.341 e. The Hall–Kier alpha value is -3.50. The molecule has 3 aromatic rings. The van der Waals surface area contributed by atoms with E-state index < -0.39 is 0 Å². The molecule has 0 spiro atoms. The molecule has 2 saturated heterocycles. The number of carbonyl (C=O) groups is 1. The molecule has 1 aromatic heterocycles. The first-order valence-corrected chi connectivity index (χ1v) is 10.1. The lowest BCUT2D eigenvalue weighted by atomic mass is 10.1. The van der Waals surface area contributed by atoms with Gasteiger partial charge in [-0.25, -0.2) is 4.79 Å². The van der Waals surface area contributed by atoms with Crippen LogP contribution in [0.25, 0.3) is 0 Å². The molecule has 0 saturated carbocycles. The van der Waals surface area contributed by atoms with E-state index in [1.165, 1.54) is 0 Å². The van der Waals surface area contributed by atoms with Gasteiger partial charge in [-0.3, -0.25) is 0 Å². The van der Waals surface area contributed by atoms with Crippen molar-refractivity contribution in [3.05, 3.63) is 66.2 Å². The highest BCUT2D eigenvalue weighted by atomic mass is 16.6. The van der Waals surface area contributed by atoms with Gasteiger partial charge in [-0.2, -0.15) is 4.68 Å². The second-order valence-corrected chi connectivity index (χ2v) is 7.40. The SMILES string of the molecule is O=C(NCc1ccccc1)N[C@@H]1CO[C@@H]2[C@@H]1OC[C@@H]2n1nnnc1Oc1ccccc1. The van der Waals surface area contributed by atoms with Crippen molar-refractivity contribution in [3.63, 3.8) is 0 Å². The van der Waals surface area contributed by atoms with Crippen molar-refractivity contribution in [1.82, 2.24) is 30.8 Å². The minimum absolute atomic E-state index is 0.252. The number of fused-ring (bicyclic) bond motifs is 1. The van der Waals surface area contributed by atoms with Crippen molar-refractivity contribution in [1.29, 1.82) is 0 Å². The van der Waals surface area contributed by atoms with Crippen LogP contribution in [0.4, 0.5) is 4.79 Å². The summed E-state index contributed by atoms with van der Waals surface area (Å²) in [6.45, 7) is 1.15. The lowest BCUT2D eigenvalue weighted by Gasteiger charge is -2.18. The quantitative estimate of drug-likeness (QED) is 0.621. The van der Waals surface area contributed by atoms with Crippen LogP contribution in [-0.4, -0.2) is 57.7 Å². The molecule has 4 atom stereocenters. The van der Waals surface area contributed by atoms with Crippen LogP contribution in [0.2, 0.25) is 0 Å². The highest BCUT2D eigenvalue weighted by molar-refractivity contribution is 5.74. The zero-order valence-electron chi connectivity index (χ0n) is 16.6. The number of benzene rings is 2. The number of amides is 2. The summed E-state index contributed by atoms with van der Waals surface area (Å²) in [7, 11) is 0. The average Bonchev–Trinajstić information content (AvgIpc) is 3.52. The second-order valence-electron chi connectivity index (χ2n) is 7.40. The summed E-state index contributed by atoms with van der Waals surface area (Å²) in [6.07, 6.45) is -0.581. The molecular weight excluding hydrogens is 400 g/mol. The van der Waals surface area contributed by atoms with E-state index in [9.17, 15) is 4.79 Å². The van der Waals surface area contributed by atoms with E-state index in [2.05, 4.69) is 26.2 Å². The van der Waals surface area contributed by atoms with Crippen LogP contribution in [-0.2, 0) is 16.0 Å². The van der Waals surface area contributed by atoms with Crippen molar-refractivity contribution in [2.75, 3.05) is 13.2 Å². The third-order valence-electron chi connectivity index (χ3n) is 5.37. The summed E-state index contributed by atoms with van der Waals surface area (Å²) >= 11 is 0. The Kier molecular flexibility index (Phi) is 5.46. The van der Waals surface area contributed by atoms with E-state index in [1.54, 1.807) is 4.68 Å². The molecule has 3 heterocycles. The van der Waals surface area contributed by atoms with Crippen LogP contribution in [0.5, 0.6) is 11.8 Å². The van der Waals surface area contributed by atoms with E-state index in [0.717, 1.165) is 5.56 Å². The molecule has 2 aliphatic rings. The van der Waals surface area contributed by atoms with Crippen LogP contribution in [0.15, 0.2) is 60.7 Å². The first-order valence-electron chi connectivity index (χ1n) is 10.1. The molecule has 160 valence electrons. The third kappa shape index (κ3) is 4.21. The normalized spacial score (nSPS) is 24.5. The van der Waals surface area contributed by atoms with Crippen molar-refractivity contribution in [2.24, 2.45) is 0 Å². The number of nitrogens with zero attached hydrogens (tertiary/aromatic N) is 4. The van der Waals surface area contributed by atoms with E-state index in [0.29, 0.717) is 25.5 Å². The van der Waals surface area contributed by atoms with Crippen molar-refractivity contribution < 1.29 is 19.0 Å². The Labute approximate surface area is 178 Å². The number of carbonyl (C=O) groups excluding carboxylic acids is 1. The fourth-order valence-corrected chi connectivity index (χ4v) is 3.86. The first-order chi connectivity index (χ1) is 15.3. The number of hydrogen-bond donors (Lipinski definition) is 2. The molecular formula is C21H22N6O4. The van der Waals surface area contributed by atoms with E-state index >= 15 is 0 Å². The lowest BCUT2D eigenvalue weighted by Crippen LogP contribution is -2.48. The number of rotatable bonds is 6. The minimum atomic E-state index is -0.291. The Balaban J connectivity index is 1.20. The number of nitrogens with one attached hydrogen (secondary N) is 2. The number of aromatic nitrogens is 4. The van der Waals surface area contributed by atoms with Gasteiger partial charge in [0.1, 0.15) is 24.0 Å². The zero-order chi connectivity index (χ0) is 21.0. The van der Waals surface area contributed by atoms with Crippen LogP contribution in [0.1, 0.15) is 11.6 Å². The average molecular weight is 422 g/mol. The predicted molar refractivity (Wildman–Crippen MR) is 108 cm³/mol. The summed E-state index contributed by atoms with van der Waals surface area (Å²) in [5.41, 5.74) is 1.03. The van der Waals surface area contributed by atoms with Gasteiger partial charge in [-0.15, -0.1) is 0 Å². The number of hydrogen-bond acceptors (Lipinski definition) is 7. The number of tetrazole rings is 1.